The lowest BCUT2D eigenvalue weighted by molar-refractivity contribution is 1.02. The lowest BCUT2D eigenvalue weighted by Crippen LogP contribution is -2.05. The van der Waals surface area contributed by atoms with Crippen molar-refractivity contribution in [2.45, 2.75) is 0 Å². The van der Waals surface area contributed by atoms with Crippen LogP contribution in [-0.2, 0) is 0 Å². The number of hydrogen-bond donors (Lipinski definition) is 0. The topological polar surface area (TPSA) is 30.7 Å². The van der Waals surface area contributed by atoms with E-state index in [1.54, 1.807) is 0 Å². The SMILES string of the molecule is c1ccc(-c2nc(-n3c4c(-c5ccc6sc7ccc8ccccc8c7c6c5)cccc4c4c5ccccc5c5ccccc5c43)nc3c2ccc2ccccc23)cc1. The highest BCUT2D eigenvalue weighted by atomic mass is 32.1. The van der Waals surface area contributed by atoms with Gasteiger partial charge in [-0.25, -0.2) is 9.97 Å². The highest BCUT2D eigenvalue weighted by molar-refractivity contribution is 7.26. The van der Waals surface area contributed by atoms with E-state index in [9.17, 15) is 0 Å². The Morgan fingerprint density at radius 3 is 1.83 bits per heavy atom. The number of benzene rings is 10. The molecule has 0 atom stereocenters. The summed E-state index contributed by atoms with van der Waals surface area (Å²) in [5.41, 5.74) is 7.44. The molecule has 0 saturated carbocycles. The van der Waals surface area contributed by atoms with Gasteiger partial charge in [0.2, 0.25) is 5.95 Å². The molecule has 3 heterocycles. The van der Waals surface area contributed by atoms with Gasteiger partial charge in [-0.2, -0.15) is 0 Å². The molecule has 268 valence electrons. The van der Waals surface area contributed by atoms with Gasteiger partial charge in [0.05, 0.1) is 22.2 Å². The van der Waals surface area contributed by atoms with Crippen molar-refractivity contribution in [3.8, 4) is 28.3 Å². The summed E-state index contributed by atoms with van der Waals surface area (Å²) in [6, 6.07) is 68.3. The van der Waals surface area contributed by atoms with Crippen LogP contribution in [0.3, 0.4) is 0 Å². The Balaban J connectivity index is 1.23. The minimum Gasteiger partial charge on any atom is -0.277 e. The van der Waals surface area contributed by atoms with Gasteiger partial charge in [-0.15, -0.1) is 11.3 Å². The highest BCUT2D eigenvalue weighted by Gasteiger charge is 2.24. The van der Waals surface area contributed by atoms with Crippen molar-refractivity contribution >= 4 is 107 Å². The van der Waals surface area contributed by atoms with Crippen molar-refractivity contribution in [2.24, 2.45) is 0 Å². The van der Waals surface area contributed by atoms with Gasteiger partial charge in [0.1, 0.15) is 0 Å². The third-order valence-corrected chi connectivity index (χ3v) is 13.3. The van der Waals surface area contributed by atoms with Crippen LogP contribution in [0.5, 0.6) is 0 Å². The second-order valence-electron chi connectivity index (χ2n) is 15.2. The van der Waals surface area contributed by atoms with Gasteiger partial charge in [-0.1, -0.05) is 164 Å². The fourth-order valence-corrected chi connectivity index (χ4v) is 10.7. The quantitative estimate of drug-likeness (QED) is 0.168. The van der Waals surface area contributed by atoms with E-state index in [2.05, 4.69) is 193 Å². The van der Waals surface area contributed by atoms with Gasteiger partial charge >= 0.3 is 0 Å². The molecule has 13 aromatic rings. The van der Waals surface area contributed by atoms with E-state index >= 15 is 0 Å². The molecule has 0 fully saturated rings. The van der Waals surface area contributed by atoms with Crippen LogP contribution in [0.25, 0.3) is 124 Å². The fourth-order valence-electron chi connectivity index (χ4n) is 9.64. The molecule has 0 spiro atoms. The molecule has 0 aliphatic heterocycles. The van der Waals surface area contributed by atoms with Crippen LogP contribution in [0.4, 0.5) is 0 Å². The Morgan fingerprint density at radius 1 is 0.362 bits per heavy atom. The zero-order valence-corrected chi connectivity index (χ0v) is 32.0. The summed E-state index contributed by atoms with van der Waals surface area (Å²) in [4.78, 5) is 11.2. The van der Waals surface area contributed by atoms with E-state index in [0.29, 0.717) is 5.95 Å². The molecule has 0 bridgehead atoms. The van der Waals surface area contributed by atoms with Crippen molar-refractivity contribution in [1.82, 2.24) is 14.5 Å². The standard InChI is InChI=1S/C54H31N3S/c1-2-15-34(16-3-1)50-44-28-25-33-14-5-7-18-37(33)51(44)56-54(55-50)57-52-38(35-27-29-46-45(31-35)48-36-17-6-4-13-32(36)26-30-47(48)58-46)23-12-24-43(52)49-41-21-10-8-19-39(41)40-20-9-11-22-42(40)53(49)57/h1-31H. The average molecular weight is 754 g/mol. The van der Waals surface area contributed by atoms with Gasteiger partial charge in [-0.3, -0.25) is 4.57 Å². The summed E-state index contributed by atoms with van der Waals surface area (Å²) < 4.78 is 4.98. The van der Waals surface area contributed by atoms with Gasteiger partial charge in [0.25, 0.3) is 0 Å². The molecule has 3 aromatic heterocycles. The van der Waals surface area contributed by atoms with Crippen molar-refractivity contribution in [3.63, 3.8) is 0 Å². The maximum Gasteiger partial charge on any atom is 0.235 e. The van der Waals surface area contributed by atoms with Crippen LogP contribution in [-0.4, -0.2) is 14.5 Å². The van der Waals surface area contributed by atoms with Crippen LogP contribution in [0.1, 0.15) is 0 Å². The Labute approximate surface area is 336 Å². The molecule has 3 nitrogen and oxygen atoms in total. The molecule has 0 aliphatic carbocycles. The number of thiophene rings is 1. The molecule has 10 aromatic carbocycles. The smallest absolute Gasteiger partial charge is 0.235 e. The maximum atomic E-state index is 5.62. The number of aromatic nitrogens is 3. The first kappa shape index (κ1) is 31.8. The molecule has 13 rings (SSSR count). The molecule has 0 radical (unpaired) electrons. The first-order chi connectivity index (χ1) is 28.8. The molecule has 58 heavy (non-hydrogen) atoms. The van der Waals surface area contributed by atoms with Crippen LogP contribution in [0.2, 0.25) is 0 Å². The Hall–Kier alpha value is -7.40. The van der Waals surface area contributed by atoms with E-state index in [-0.39, 0.29) is 0 Å². The highest BCUT2D eigenvalue weighted by Crippen LogP contribution is 2.47. The number of rotatable bonds is 3. The van der Waals surface area contributed by atoms with Gasteiger partial charge < -0.3 is 0 Å². The third kappa shape index (κ3) is 4.43. The third-order valence-electron chi connectivity index (χ3n) is 12.2. The molecule has 0 amide bonds. The summed E-state index contributed by atoms with van der Waals surface area (Å²) in [5, 5.41) is 15.7. The monoisotopic (exact) mass is 753 g/mol. The Morgan fingerprint density at radius 2 is 1.00 bits per heavy atom. The van der Waals surface area contributed by atoms with Crippen LogP contribution < -0.4 is 0 Å². The van der Waals surface area contributed by atoms with Crippen molar-refractivity contribution < 1.29 is 0 Å². The Kier molecular flexibility index (Phi) is 6.60. The summed E-state index contributed by atoms with van der Waals surface area (Å²) >= 11 is 1.87. The largest absolute Gasteiger partial charge is 0.277 e. The zero-order valence-electron chi connectivity index (χ0n) is 31.1. The number of fused-ring (bicyclic) bond motifs is 16. The summed E-state index contributed by atoms with van der Waals surface area (Å²) in [7, 11) is 0. The van der Waals surface area contributed by atoms with Gasteiger partial charge in [0.15, 0.2) is 0 Å². The number of para-hydroxylation sites is 1. The lowest BCUT2D eigenvalue weighted by atomic mass is 9.95. The molecular weight excluding hydrogens is 723 g/mol. The second kappa shape index (κ2) is 12.1. The fraction of sp³-hybridized carbons (Fsp3) is 0. The first-order valence-electron chi connectivity index (χ1n) is 19.7. The predicted molar refractivity (Wildman–Crippen MR) is 248 cm³/mol. The van der Waals surface area contributed by atoms with Crippen LogP contribution in [0.15, 0.2) is 188 Å². The summed E-state index contributed by atoms with van der Waals surface area (Å²) in [6.45, 7) is 0. The summed E-state index contributed by atoms with van der Waals surface area (Å²) in [6.07, 6.45) is 0. The summed E-state index contributed by atoms with van der Waals surface area (Å²) in [5.74, 6) is 0.656. The lowest BCUT2D eigenvalue weighted by Gasteiger charge is -2.15. The van der Waals surface area contributed by atoms with Crippen molar-refractivity contribution in [2.75, 3.05) is 0 Å². The van der Waals surface area contributed by atoms with Crippen LogP contribution >= 0.6 is 11.3 Å². The molecular formula is C54H31N3S. The van der Waals surface area contributed by atoms with E-state index in [1.165, 1.54) is 63.3 Å². The second-order valence-corrected chi connectivity index (χ2v) is 16.3. The van der Waals surface area contributed by atoms with Gasteiger partial charge in [0, 0.05) is 58.2 Å². The normalized spacial score (nSPS) is 12.1. The molecule has 4 heteroatoms. The molecule has 0 saturated heterocycles. The average Bonchev–Trinajstić information content (AvgIpc) is 3.86. The van der Waals surface area contributed by atoms with Crippen molar-refractivity contribution in [3.05, 3.63) is 188 Å². The number of hydrogen-bond acceptors (Lipinski definition) is 3. The van der Waals surface area contributed by atoms with E-state index in [1.807, 2.05) is 11.3 Å². The minimum absolute atomic E-state index is 0.656. The molecule has 0 N–H and O–H groups in total. The van der Waals surface area contributed by atoms with E-state index in [0.717, 1.165) is 55.1 Å². The molecule has 0 unspecified atom stereocenters. The maximum absolute atomic E-state index is 5.62. The zero-order chi connectivity index (χ0) is 37.9. The van der Waals surface area contributed by atoms with Crippen LogP contribution in [0, 0.1) is 0 Å². The first-order valence-corrected chi connectivity index (χ1v) is 20.6. The van der Waals surface area contributed by atoms with E-state index < -0.39 is 0 Å². The molecule has 0 aliphatic rings. The number of nitrogens with zero attached hydrogens (tertiary/aromatic N) is 3. The minimum atomic E-state index is 0.656. The predicted octanol–water partition coefficient (Wildman–Crippen LogP) is 15.0. The van der Waals surface area contributed by atoms with E-state index in [4.69, 9.17) is 9.97 Å². The van der Waals surface area contributed by atoms with Gasteiger partial charge in [-0.05, 0) is 62.1 Å². The Bertz CT molecular complexity index is 3860. The van der Waals surface area contributed by atoms with Crippen molar-refractivity contribution in [1.29, 1.82) is 0 Å².